The Morgan fingerprint density at radius 1 is 1.75 bits per heavy atom. The monoisotopic (exact) mass is 247 g/mol. The van der Waals surface area contributed by atoms with E-state index in [1.54, 1.807) is 18.3 Å². The van der Waals surface area contributed by atoms with Crippen molar-refractivity contribution in [2.45, 2.75) is 6.54 Å². The number of pyridine rings is 1. The number of halogens is 2. The van der Waals surface area contributed by atoms with Gasteiger partial charge in [0.15, 0.2) is 0 Å². The van der Waals surface area contributed by atoms with Gasteiger partial charge in [-0.2, -0.15) is 0 Å². The molecule has 0 saturated heterocycles. The van der Waals surface area contributed by atoms with Crippen molar-refractivity contribution >= 4 is 27.5 Å². The van der Waals surface area contributed by atoms with E-state index in [9.17, 15) is 4.79 Å². The zero-order chi connectivity index (χ0) is 9.14. The van der Waals surface area contributed by atoms with Crippen LogP contribution in [0.4, 0.5) is 0 Å². The van der Waals surface area contributed by atoms with Gasteiger partial charge in [0, 0.05) is 12.7 Å². The van der Waals surface area contributed by atoms with Gasteiger partial charge in [-0.1, -0.05) is 17.7 Å². The lowest BCUT2D eigenvalue weighted by Gasteiger charge is -2.02. The summed E-state index contributed by atoms with van der Waals surface area (Å²) in [5, 5.41) is 0.531. The highest BCUT2D eigenvalue weighted by molar-refractivity contribution is 9.10. The molecule has 0 fully saturated rings. The second-order valence-corrected chi connectivity index (χ2v) is 3.54. The van der Waals surface area contributed by atoms with Crippen LogP contribution in [0.2, 0.25) is 5.02 Å². The van der Waals surface area contributed by atoms with Crippen LogP contribution in [-0.2, 0) is 6.54 Å². The molecule has 0 aliphatic carbocycles. The summed E-state index contributed by atoms with van der Waals surface area (Å²) in [4.78, 5) is 11.3. The van der Waals surface area contributed by atoms with Crippen molar-refractivity contribution < 1.29 is 0 Å². The molecule has 0 unspecified atom stereocenters. The first-order chi connectivity index (χ1) is 5.65. The van der Waals surface area contributed by atoms with E-state index in [1.165, 1.54) is 4.57 Å². The van der Waals surface area contributed by atoms with E-state index >= 15 is 0 Å². The predicted octanol–water partition coefficient (Wildman–Crippen LogP) is 2.45. The van der Waals surface area contributed by atoms with Gasteiger partial charge in [0.2, 0.25) is 0 Å². The molecule has 1 heterocycles. The van der Waals surface area contributed by atoms with Crippen molar-refractivity contribution in [3.8, 4) is 0 Å². The van der Waals surface area contributed by atoms with Crippen molar-refractivity contribution in [2.75, 3.05) is 0 Å². The van der Waals surface area contributed by atoms with Crippen molar-refractivity contribution in [1.82, 2.24) is 4.57 Å². The summed E-state index contributed by atoms with van der Waals surface area (Å²) in [7, 11) is 0. The van der Waals surface area contributed by atoms with Crippen molar-refractivity contribution in [1.29, 1.82) is 0 Å². The number of rotatable bonds is 2. The molecule has 0 aliphatic heterocycles. The summed E-state index contributed by atoms with van der Waals surface area (Å²) in [5.41, 5.74) is -0.0979. The zero-order valence-corrected chi connectivity index (χ0v) is 8.60. The maximum atomic E-state index is 11.3. The first kappa shape index (κ1) is 9.55. The van der Waals surface area contributed by atoms with Crippen LogP contribution in [0.1, 0.15) is 0 Å². The van der Waals surface area contributed by atoms with E-state index in [1.807, 2.05) is 0 Å². The molecule has 0 aliphatic rings. The van der Waals surface area contributed by atoms with Crippen LogP contribution >= 0.6 is 27.5 Å². The summed E-state index contributed by atoms with van der Waals surface area (Å²) in [5.74, 6) is 0. The van der Waals surface area contributed by atoms with Gasteiger partial charge in [0.05, 0.1) is 9.50 Å². The third kappa shape index (κ3) is 1.99. The zero-order valence-electron chi connectivity index (χ0n) is 6.26. The maximum Gasteiger partial charge on any atom is 0.265 e. The molecule has 1 aromatic rings. The van der Waals surface area contributed by atoms with Gasteiger partial charge in [-0.15, -0.1) is 6.58 Å². The topological polar surface area (TPSA) is 22.0 Å². The lowest BCUT2D eigenvalue weighted by molar-refractivity contribution is 0.775. The summed E-state index contributed by atoms with van der Waals surface area (Å²) in [6.07, 6.45) is 3.22. The Kier molecular flexibility index (Phi) is 3.12. The Morgan fingerprint density at radius 2 is 2.42 bits per heavy atom. The minimum Gasteiger partial charge on any atom is -0.309 e. The van der Waals surface area contributed by atoms with Crippen LogP contribution in [0.15, 0.2) is 34.2 Å². The van der Waals surface area contributed by atoms with E-state index in [0.29, 0.717) is 16.0 Å². The molecule has 12 heavy (non-hydrogen) atoms. The van der Waals surface area contributed by atoms with Crippen LogP contribution in [0.5, 0.6) is 0 Å². The molecule has 4 heteroatoms. The fraction of sp³-hybridized carbons (Fsp3) is 0.125. The molecule has 64 valence electrons. The van der Waals surface area contributed by atoms with Crippen LogP contribution in [0.25, 0.3) is 0 Å². The highest BCUT2D eigenvalue weighted by Gasteiger charge is 2.00. The molecular weight excluding hydrogens is 241 g/mol. The number of hydrogen-bond donors (Lipinski definition) is 0. The molecule has 2 nitrogen and oxygen atoms in total. The summed E-state index contributed by atoms with van der Waals surface area (Å²) in [6, 6.07) is 1.57. The van der Waals surface area contributed by atoms with E-state index in [0.717, 1.165) is 0 Å². The van der Waals surface area contributed by atoms with Crippen molar-refractivity contribution in [2.24, 2.45) is 0 Å². The van der Waals surface area contributed by atoms with Crippen LogP contribution in [-0.4, -0.2) is 4.57 Å². The first-order valence-electron chi connectivity index (χ1n) is 3.31. The van der Waals surface area contributed by atoms with E-state index in [4.69, 9.17) is 11.6 Å². The van der Waals surface area contributed by atoms with E-state index in [2.05, 4.69) is 22.5 Å². The SMILES string of the molecule is C=CCn1cc(Cl)cc(Br)c1=O. The van der Waals surface area contributed by atoms with Gasteiger partial charge in [-0.25, -0.2) is 0 Å². The van der Waals surface area contributed by atoms with Gasteiger partial charge < -0.3 is 4.57 Å². The predicted molar refractivity (Wildman–Crippen MR) is 53.6 cm³/mol. The molecule has 1 aromatic heterocycles. The van der Waals surface area contributed by atoms with Crippen LogP contribution < -0.4 is 5.56 Å². The lowest BCUT2D eigenvalue weighted by Crippen LogP contribution is -2.19. The molecule has 0 atom stereocenters. The fourth-order valence-corrected chi connectivity index (χ4v) is 1.67. The standard InChI is InChI=1S/C8H7BrClNO/c1-2-3-11-5-6(10)4-7(9)8(11)12/h2,4-5H,1,3H2. The van der Waals surface area contributed by atoms with Gasteiger partial charge in [0.1, 0.15) is 0 Å². The first-order valence-corrected chi connectivity index (χ1v) is 4.48. The Hall–Kier alpha value is -0.540. The molecule has 1 rings (SSSR count). The summed E-state index contributed by atoms with van der Waals surface area (Å²) >= 11 is 8.85. The van der Waals surface area contributed by atoms with Gasteiger partial charge in [0.25, 0.3) is 5.56 Å². The minimum atomic E-state index is -0.0979. The van der Waals surface area contributed by atoms with Gasteiger partial charge in [-0.3, -0.25) is 4.79 Å². The summed E-state index contributed by atoms with van der Waals surface area (Å²) < 4.78 is 1.95. The Morgan fingerprint density at radius 3 is 3.00 bits per heavy atom. The highest BCUT2D eigenvalue weighted by atomic mass is 79.9. The molecular formula is C8H7BrClNO. The number of nitrogens with zero attached hydrogens (tertiary/aromatic N) is 1. The molecule has 0 bridgehead atoms. The molecule has 0 N–H and O–H groups in total. The third-order valence-corrected chi connectivity index (χ3v) is 2.11. The fourth-order valence-electron chi connectivity index (χ4n) is 0.839. The quantitative estimate of drug-likeness (QED) is 0.737. The molecule has 0 saturated carbocycles. The smallest absolute Gasteiger partial charge is 0.265 e. The molecule has 0 amide bonds. The molecule has 0 radical (unpaired) electrons. The Bertz CT molecular complexity index is 359. The number of allylic oxidation sites excluding steroid dienone is 1. The number of hydrogen-bond acceptors (Lipinski definition) is 1. The normalized spacial score (nSPS) is 9.83. The Labute approximate surface area is 83.6 Å². The van der Waals surface area contributed by atoms with Crippen LogP contribution in [0, 0.1) is 0 Å². The minimum absolute atomic E-state index is 0.0979. The average Bonchev–Trinajstić information content (AvgIpc) is 2.00. The van der Waals surface area contributed by atoms with Crippen molar-refractivity contribution in [3.05, 3.63) is 44.8 Å². The highest BCUT2D eigenvalue weighted by Crippen LogP contribution is 2.11. The third-order valence-electron chi connectivity index (χ3n) is 1.33. The lowest BCUT2D eigenvalue weighted by atomic mass is 10.4. The van der Waals surface area contributed by atoms with E-state index < -0.39 is 0 Å². The largest absolute Gasteiger partial charge is 0.309 e. The maximum absolute atomic E-state index is 11.3. The van der Waals surface area contributed by atoms with E-state index in [-0.39, 0.29) is 5.56 Å². The summed E-state index contributed by atoms with van der Waals surface area (Å²) in [6.45, 7) is 4.01. The second kappa shape index (κ2) is 3.92. The van der Waals surface area contributed by atoms with Gasteiger partial charge >= 0.3 is 0 Å². The molecule has 0 spiro atoms. The second-order valence-electron chi connectivity index (χ2n) is 2.25. The van der Waals surface area contributed by atoms with Crippen molar-refractivity contribution in [3.63, 3.8) is 0 Å². The van der Waals surface area contributed by atoms with Crippen LogP contribution in [0.3, 0.4) is 0 Å². The molecule has 0 aromatic carbocycles. The average molecular weight is 249 g/mol. The Balaban J connectivity index is 3.27. The number of aromatic nitrogens is 1. The van der Waals surface area contributed by atoms with Gasteiger partial charge in [-0.05, 0) is 22.0 Å².